The molecule has 122 valence electrons. The molecule has 0 radical (unpaired) electrons. The maximum Gasteiger partial charge on any atom is 0.322 e. The summed E-state index contributed by atoms with van der Waals surface area (Å²) >= 11 is 0. The third kappa shape index (κ3) is 3.23. The molecule has 1 aliphatic heterocycles. The van der Waals surface area contributed by atoms with Crippen molar-refractivity contribution < 1.29 is 13.6 Å². The van der Waals surface area contributed by atoms with Gasteiger partial charge in [-0.1, -0.05) is 19.3 Å². The fourth-order valence-corrected chi connectivity index (χ4v) is 3.38. The van der Waals surface area contributed by atoms with Crippen molar-refractivity contribution in [2.24, 2.45) is 7.05 Å². The predicted molar refractivity (Wildman–Crippen MR) is 79.2 cm³/mol. The third-order valence-electron chi connectivity index (χ3n) is 4.55. The lowest BCUT2D eigenvalue weighted by molar-refractivity contribution is 0.0159. The topological polar surface area (TPSA) is 50.2 Å². The molecule has 2 amide bonds. The summed E-state index contributed by atoms with van der Waals surface area (Å²) in [5, 5.41) is 7.26. The molecule has 0 bridgehead atoms. The van der Waals surface area contributed by atoms with Crippen molar-refractivity contribution in [1.29, 1.82) is 0 Å². The van der Waals surface area contributed by atoms with Crippen LogP contribution in [0.1, 0.15) is 50.1 Å². The van der Waals surface area contributed by atoms with Crippen LogP contribution < -0.4 is 5.32 Å². The predicted octanol–water partition coefficient (Wildman–Crippen LogP) is 3.34. The number of nitrogens with zero attached hydrogens (tertiary/aromatic N) is 3. The molecule has 22 heavy (non-hydrogen) atoms. The number of aryl methyl sites for hydroxylation is 1. The molecule has 0 aromatic carbocycles. The van der Waals surface area contributed by atoms with Crippen LogP contribution >= 0.6 is 0 Å². The highest BCUT2D eigenvalue weighted by Gasteiger charge is 2.40. The van der Waals surface area contributed by atoms with Gasteiger partial charge in [-0.3, -0.25) is 4.68 Å². The second kappa shape index (κ2) is 5.85. The highest BCUT2D eigenvalue weighted by atomic mass is 19.3. The quantitative estimate of drug-likeness (QED) is 0.910. The molecule has 1 aliphatic carbocycles. The summed E-state index contributed by atoms with van der Waals surface area (Å²) in [5.41, 5.74) is 1.55. The van der Waals surface area contributed by atoms with Crippen LogP contribution in [0.25, 0.3) is 0 Å². The molecule has 2 heterocycles. The summed E-state index contributed by atoms with van der Waals surface area (Å²) in [6, 6.07) is -0.456. The molecule has 1 aromatic rings. The van der Waals surface area contributed by atoms with Gasteiger partial charge in [-0.2, -0.15) is 5.10 Å². The van der Waals surface area contributed by atoms with Gasteiger partial charge in [-0.15, -0.1) is 0 Å². The van der Waals surface area contributed by atoms with Crippen LogP contribution in [0.15, 0.2) is 6.20 Å². The van der Waals surface area contributed by atoms with E-state index in [0.29, 0.717) is 11.6 Å². The molecule has 1 saturated heterocycles. The lowest BCUT2D eigenvalue weighted by Crippen LogP contribution is -2.35. The van der Waals surface area contributed by atoms with E-state index in [1.165, 1.54) is 24.2 Å². The first kappa shape index (κ1) is 15.2. The number of alkyl halides is 2. The summed E-state index contributed by atoms with van der Waals surface area (Å²) in [6.45, 7) is -0.407. The largest absolute Gasteiger partial charge is 0.322 e. The Balaban J connectivity index is 1.71. The van der Waals surface area contributed by atoms with Crippen LogP contribution in [0.5, 0.6) is 0 Å². The molecular weight excluding hydrogens is 290 g/mol. The van der Waals surface area contributed by atoms with Gasteiger partial charge in [0.1, 0.15) is 0 Å². The Labute approximate surface area is 128 Å². The number of halogens is 2. The number of nitrogens with one attached hydrogen (secondary N) is 1. The summed E-state index contributed by atoms with van der Waals surface area (Å²) in [6.07, 6.45) is 7.23. The second-order valence-electron chi connectivity index (χ2n) is 6.39. The molecule has 2 aliphatic rings. The first-order valence-corrected chi connectivity index (χ1v) is 7.92. The average Bonchev–Trinajstić information content (AvgIpc) is 3.02. The zero-order valence-electron chi connectivity index (χ0n) is 12.8. The van der Waals surface area contributed by atoms with Crippen LogP contribution in [-0.2, 0) is 7.05 Å². The lowest BCUT2D eigenvalue weighted by atomic mass is 9.86. The zero-order valence-corrected chi connectivity index (χ0v) is 12.8. The Morgan fingerprint density at radius 3 is 2.73 bits per heavy atom. The Hall–Kier alpha value is -1.66. The van der Waals surface area contributed by atoms with Crippen LogP contribution in [0, 0.1) is 0 Å². The van der Waals surface area contributed by atoms with E-state index >= 15 is 0 Å². The van der Waals surface area contributed by atoms with Gasteiger partial charge in [-0.25, -0.2) is 13.6 Å². The smallest absolute Gasteiger partial charge is 0.318 e. The molecule has 7 heteroatoms. The number of hydrogen-bond donors (Lipinski definition) is 1. The molecular formula is C15H22F2N4O. The third-order valence-corrected chi connectivity index (χ3v) is 4.55. The fourth-order valence-electron chi connectivity index (χ4n) is 3.38. The number of amides is 2. The summed E-state index contributed by atoms with van der Waals surface area (Å²) < 4.78 is 28.1. The van der Waals surface area contributed by atoms with E-state index in [2.05, 4.69) is 10.4 Å². The number of carbonyl (C=O) groups is 1. The van der Waals surface area contributed by atoms with Gasteiger partial charge < -0.3 is 10.2 Å². The summed E-state index contributed by atoms with van der Waals surface area (Å²) in [7, 11) is 1.81. The standard InChI is InChI=1S/C15H22F2N4O/c1-20-9-12(13(19-20)11-5-3-2-4-6-11)18-14(22)21-8-7-15(16,17)10-21/h9,11H,2-8,10H2,1H3,(H,18,22). The van der Waals surface area contributed by atoms with E-state index in [1.807, 2.05) is 7.05 Å². The maximum absolute atomic E-state index is 13.2. The molecule has 3 rings (SSSR count). The van der Waals surface area contributed by atoms with Gasteiger partial charge in [0.2, 0.25) is 0 Å². The van der Waals surface area contributed by atoms with Crippen molar-refractivity contribution in [3.05, 3.63) is 11.9 Å². The van der Waals surface area contributed by atoms with Crippen molar-refractivity contribution in [2.45, 2.75) is 50.4 Å². The first-order valence-electron chi connectivity index (χ1n) is 7.92. The number of carbonyl (C=O) groups excluding carboxylic acids is 1. The molecule has 5 nitrogen and oxygen atoms in total. The molecule has 0 unspecified atom stereocenters. The molecule has 1 N–H and O–H groups in total. The van der Waals surface area contributed by atoms with Crippen LogP contribution in [0.2, 0.25) is 0 Å². The zero-order chi connectivity index (χ0) is 15.7. The Bertz CT molecular complexity index is 552. The summed E-state index contributed by atoms with van der Waals surface area (Å²) in [4.78, 5) is 13.4. The average molecular weight is 312 g/mol. The lowest BCUT2D eigenvalue weighted by Gasteiger charge is -2.22. The summed E-state index contributed by atoms with van der Waals surface area (Å²) in [5.74, 6) is -2.41. The first-order chi connectivity index (χ1) is 10.4. The minimum atomic E-state index is -2.77. The molecule has 0 spiro atoms. The maximum atomic E-state index is 13.2. The molecule has 0 atom stereocenters. The van der Waals surface area contributed by atoms with Crippen LogP contribution in [0.4, 0.5) is 19.3 Å². The van der Waals surface area contributed by atoms with E-state index in [9.17, 15) is 13.6 Å². The van der Waals surface area contributed by atoms with Gasteiger partial charge in [-0.05, 0) is 12.8 Å². The number of aromatic nitrogens is 2. The van der Waals surface area contributed by atoms with Crippen molar-refractivity contribution in [1.82, 2.24) is 14.7 Å². The van der Waals surface area contributed by atoms with Crippen LogP contribution in [0.3, 0.4) is 0 Å². The van der Waals surface area contributed by atoms with E-state index in [-0.39, 0.29) is 13.0 Å². The van der Waals surface area contributed by atoms with Crippen LogP contribution in [-0.4, -0.2) is 39.7 Å². The fraction of sp³-hybridized carbons (Fsp3) is 0.733. The normalized spacial score (nSPS) is 22.0. The van der Waals surface area contributed by atoms with Gasteiger partial charge >= 0.3 is 6.03 Å². The molecule has 2 fully saturated rings. The van der Waals surface area contributed by atoms with Crippen molar-refractivity contribution in [3.8, 4) is 0 Å². The number of likely N-dealkylation sites (tertiary alicyclic amines) is 1. The van der Waals surface area contributed by atoms with E-state index in [1.54, 1.807) is 10.9 Å². The van der Waals surface area contributed by atoms with Crippen molar-refractivity contribution >= 4 is 11.7 Å². The SMILES string of the molecule is Cn1cc(NC(=O)N2CCC(F)(F)C2)c(C2CCCCC2)n1. The van der Waals surface area contributed by atoms with E-state index < -0.39 is 18.5 Å². The van der Waals surface area contributed by atoms with Crippen molar-refractivity contribution in [2.75, 3.05) is 18.4 Å². The Morgan fingerprint density at radius 1 is 1.36 bits per heavy atom. The van der Waals surface area contributed by atoms with Gasteiger partial charge in [0.15, 0.2) is 0 Å². The molecule has 1 aromatic heterocycles. The Kier molecular flexibility index (Phi) is 4.06. The van der Waals surface area contributed by atoms with Gasteiger partial charge in [0, 0.05) is 32.1 Å². The number of urea groups is 1. The van der Waals surface area contributed by atoms with Gasteiger partial charge in [0.25, 0.3) is 5.92 Å². The highest BCUT2D eigenvalue weighted by Crippen LogP contribution is 2.35. The Morgan fingerprint density at radius 2 is 2.09 bits per heavy atom. The highest BCUT2D eigenvalue weighted by molar-refractivity contribution is 5.90. The van der Waals surface area contributed by atoms with E-state index in [0.717, 1.165) is 18.5 Å². The minimum Gasteiger partial charge on any atom is -0.318 e. The molecule has 1 saturated carbocycles. The minimum absolute atomic E-state index is 0.0951. The monoisotopic (exact) mass is 312 g/mol. The number of rotatable bonds is 2. The second-order valence-corrected chi connectivity index (χ2v) is 6.39. The van der Waals surface area contributed by atoms with E-state index in [4.69, 9.17) is 0 Å². The van der Waals surface area contributed by atoms with Gasteiger partial charge in [0.05, 0.1) is 17.9 Å². The van der Waals surface area contributed by atoms with Crippen molar-refractivity contribution in [3.63, 3.8) is 0 Å². The number of anilines is 1. The number of hydrogen-bond acceptors (Lipinski definition) is 2.